The maximum atomic E-state index is 12.5. The Balaban J connectivity index is 2.18. The predicted octanol–water partition coefficient (Wildman–Crippen LogP) is 1.67. The number of nitrogens with zero attached hydrogens (tertiary/aromatic N) is 3. The molecule has 2 rings (SSSR count). The number of nitrogens with two attached hydrogens (primary N) is 1. The minimum absolute atomic E-state index is 0.168. The maximum absolute atomic E-state index is 12.5. The van der Waals surface area contributed by atoms with Crippen molar-refractivity contribution in [3.63, 3.8) is 0 Å². The molecule has 2 N–H and O–H groups in total. The molecule has 1 amide bonds. The lowest BCUT2D eigenvalue weighted by atomic mass is 10.2. The van der Waals surface area contributed by atoms with E-state index in [-0.39, 0.29) is 5.91 Å². The summed E-state index contributed by atoms with van der Waals surface area (Å²) < 4.78 is 7.06. The molecule has 0 unspecified atom stereocenters. The van der Waals surface area contributed by atoms with Crippen molar-refractivity contribution in [1.82, 2.24) is 14.7 Å². The van der Waals surface area contributed by atoms with Gasteiger partial charge in [0.2, 0.25) is 0 Å². The van der Waals surface area contributed by atoms with E-state index < -0.39 is 0 Å². The minimum atomic E-state index is -0.168. The Morgan fingerprint density at radius 1 is 1.43 bits per heavy atom. The van der Waals surface area contributed by atoms with Gasteiger partial charge in [-0.2, -0.15) is 5.10 Å². The first kappa shape index (κ1) is 14.9. The van der Waals surface area contributed by atoms with Crippen LogP contribution < -0.4 is 10.5 Å². The number of rotatable bonds is 5. The number of amides is 1. The van der Waals surface area contributed by atoms with Gasteiger partial charge in [0.25, 0.3) is 5.91 Å². The third-order valence-electron chi connectivity index (χ3n) is 3.20. The molecule has 0 aliphatic rings. The van der Waals surface area contributed by atoms with Gasteiger partial charge in [-0.3, -0.25) is 9.48 Å². The highest BCUT2D eigenvalue weighted by Crippen LogP contribution is 2.21. The lowest BCUT2D eigenvalue weighted by Crippen LogP contribution is -2.29. The normalized spacial score (nSPS) is 10.4. The number of hydrogen-bond donors (Lipinski definition) is 1. The Bertz CT molecular complexity index is 617. The van der Waals surface area contributed by atoms with Crippen molar-refractivity contribution in [2.75, 3.05) is 19.4 Å². The SMILES string of the molecule is CCOc1ccccc1CN(C)C(=O)c1c(N)cnn1C. The second-order valence-corrected chi connectivity index (χ2v) is 4.77. The van der Waals surface area contributed by atoms with Crippen LogP contribution in [0.25, 0.3) is 0 Å². The number of aromatic nitrogens is 2. The molecule has 21 heavy (non-hydrogen) atoms. The number of carbonyl (C=O) groups is 1. The largest absolute Gasteiger partial charge is 0.494 e. The highest BCUT2D eigenvalue weighted by molar-refractivity contribution is 5.97. The van der Waals surface area contributed by atoms with Crippen LogP contribution in [-0.2, 0) is 13.6 Å². The lowest BCUT2D eigenvalue weighted by Gasteiger charge is -2.19. The van der Waals surface area contributed by atoms with Crippen LogP contribution in [0.3, 0.4) is 0 Å². The number of hydrogen-bond acceptors (Lipinski definition) is 4. The number of para-hydroxylation sites is 1. The minimum Gasteiger partial charge on any atom is -0.494 e. The Kier molecular flexibility index (Phi) is 4.47. The first-order valence-electron chi connectivity index (χ1n) is 6.78. The van der Waals surface area contributed by atoms with Gasteiger partial charge in [-0.15, -0.1) is 0 Å². The molecule has 1 heterocycles. The molecule has 0 fully saturated rings. The average Bonchev–Trinajstić information content (AvgIpc) is 2.80. The maximum Gasteiger partial charge on any atom is 0.274 e. The Labute approximate surface area is 124 Å². The lowest BCUT2D eigenvalue weighted by molar-refractivity contribution is 0.0774. The first-order valence-corrected chi connectivity index (χ1v) is 6.78. The zero-order valence-corrected chi connectivity index (χ0v) is 12.5. The van der Waals surface area contributed by atoms with E-state index in [0.29, 0.717) is 24.5 Å². The second kappa shape index (κ2) is 6.30. The summed E-state index contributed by atoms with van der Waals surface area (Å²) >= 11 is 0. The monoisotopic (exact) mass is 288 g/mol. The van der Waals surface area contributed by atoms with Crippen molar-refractivity contribution < 1.29 is 9.53 Å². The summed E-state index contributed by atoms with van der Waals surface area (Å²) in [5.74, 6) is 0.622. The van der Waals surface area contributed by atoms with E-state index in [1.165, 1.54) is 10.9 Å². The third kappa shape index (κ3) is 3.16. The molecule has 0 spiro atoms. The van der Waals surface area contributed by atoms with Crippen molar-refractivity contribution in [1.29, 1.82) is 0 Å². The van der Waals surface area contributed by atoms with Crippen LogP contribution >= 0.6 is 0 Å². The Morgan fingerprint density at radius 3 is 2.76 bits per heavy atom. The van der Waals surface area contributed by atoms with Crippen molar-refractivity contribution in [2.45, 2.75) is 13.5 Å². The summed E-state index contributed by atoms with van der Waals surface area (Å²) in [5, 5.41) is 3.99. The quantitative estimate of drug-likeness (QED) is 0.908. The zero-order chi connectivity index (χ0) is 15.4. The fraction of sp³-hybridized carbons (Fsp3) is 0.333. The number of anilines is 1. The van der Waals surface area contributed by atoms with Gasteiger partial charge in [0.15, 0.2) is 0 Å². The molecule has 0 saturated heterocycles. The molecular formula is C15H20N4O2. The highest BCUT2D eigenvalue weighted by Gasteiger charge is 2.20. The number of carbonyl (C=O) groups excluding carboxylic acids is 1. The van der Waals surface area contributed by atoms with Gasteiger partial charge in [0.1, 0.15) is 11.4 Å². The van der Waals surface area contributed by atoms with Crippen LogP contribution in [0.15, 0.2) is 30.5 Å². The average molecular weight is 288 g/mol. The van der Waals surface area contributed by atoms with Gasteiger partial charge in [-0.25, -0.2) is 0 Å². The van der Waals surface area contributed by atoms with Gasteiger partial charge >= 0.3 is 0 Å². The fourth-order valence-electron chi connectivity index (χ4n) is 2.16. The molecule has 0 saturated carbocycles. The van der Waals surface area contributed by atoms with Crippen molar-refractivity contribution in [3.05, 3.63) is 41.7 Å². The summed E-state index contributed by atoms with van der Waals surface area (Å²) in [5.41, 5.74) is 7.53. The van der Waals surface area contributed by atoms with Gasteiger partial charge in [0, 0.05) is 26.2 Å². The Hall–Kier alpha value is -2.50. The molecule has 1 aromatic carbocycles. The molecule has 0 aliphatic carbocycles. The first-order chi connectivity index (χ1) is 10.0. The molecular weight excluding hydrogens is 268 g/mol. The van der Waals surface area contributed by atoms with Crippen LogP contribution in [0, 0.1) is 0 Å². The number of benzene rings is 1. The zero-order valence-electron chi connectivity index (χ0n) is 12.5. The standard InChI is InChI=1S/C15H20N4O2/c1-4-21-13-8-6-5-7-11(13)10-18(2)15(20)14-12(16)9-17-19(14)3/h5-9H,4,10,16H2,1-3H3. The van der Waals surface area contributed by atoms with Gasteiger partial charge < -0.3 is 15.4 Å². The van der Waals surface area contributed by atoms with Crippen LogP contribution in [-0.4, -0.2) is 34.2 Å². The number of nitrogen functional groups attached to an aromatic ring is 1. The van der Waals surface area contributed by atoms with E-state index in [1.54, 1.807) is 19.0 Å². The molecule has 0 atom stereocenters. The molecule has 112 valence electrons. The van der Waals surface area contributed by atoms with Crippen LogP contribution in [0.2, 0.25) is 0 Å². The van der Waals surface area contributed by atoms with Crippen molar-refractivity contribution in [2.24, 2.45) is 7.05 Å². The van der Waals surface area contributed by atoms with E-state index in [1.807, 2.05) is 31.2 Å². The van der Waals surface area contributed by atoms with Crippen LogP contribution in [0.4, 0.5) is 5.69 Å². The van der Waals surface area contributed by atoms with Crippen LogP contribution in [0.5, 0.6) is 5.75 Å². The molecule has 2 aromatic rings. The topological polar surface area (TPSA) is 73.4 Å². The highest BCUT2D eigenvalue weighted by atomic mass is 16.5. The summed E-state index contributed by atoms with van der Waals surface area (Å²) in [6.45, 7) is 2.96. The second-order valence-electron chi connectivity index (χ2n) is 4.77. The van der Waals surface area contributed by atoms with Gasteiger partial charge in [0.05, 0.1) is 18.5 Å². The third-order valence-corrected chi connectivity index (χ3v) is 3.20. The number of ether oxygens (including phenoxy) is 1. The fourth-order valence-corrected chi connectivity index (χ4v) is 2.16. The predicted molar refractivity (Wildman–Crippen MR) is 81.0 cm³/mol. The van der Waals surface area contributed by atoms with Crippen LogP contribution in [0.1, 0.15) is 23.0 Å². The van der Waals surface area contributed by atoms with Crippen molar-refractivity contribution >= 4 is 11.6 Å². The van der Waals surface area contributed by atoms with E-state index in [2.05, 4.69) is 5.10 Å². The Morgan fingerprint density at radius 2 is 2.14 bits per heavy atom. The molecule has 0 radical (unpaired) electrons. The van der Waals surface area contributed by atoms with Gasteiger partial charge in [-0.1, -0.05) is 18.2 Å². The van der Waals surface area contributed by atoms with E-state index >= 15 is 0 Å². The molecule has 6 heteroatoms. The van der Waals surface area contributed by atoms with Crippen molar-refractivity contribution in [3.8, 4) is 5.75 Å². The van der Waals surface area contributed by atoms with Gasteiger partial charge in [-0.05, 0) is 13.0 Å². The molecule has 0 bridgehead atoms. The van der Waals surface area contributed by atoms with E-state index in [9.17, 15) is 4.79 Å². The smallest absolute Gasteiger partial charge is 0.274 e. The van der Waals surface area contributed by atoms with E-state index in [4.69, 9.17) is 10.5 Å². The summed E-state index contributed by atoms with van der Waals surface area (Å²) in [6, 6.07) is 7.68. The molecule has 0 aliphatic heterocycles. The summed E-state index contributed by atoms with van der Waals surface area (Å²) in [7, 11) is 3.43. The number of aryl methyl sites for hydroxylation is 1. The van der Waals surface area contributed by atoms with E-state index in [0.717, 1.165) is 11.3 Å². The molecule has 6 nitrogen and oxygen atoms in total. The summed E-state index contributed by atoms with van der Waals surface area (Å²) in [4.78, 5) is 14.1. The summed E-state index contributed by atoms with van der Waals surface area (Å²) in [6.07, 6.45) is 1.48. The molecule has 1 aromatic heterocycles.